The summed E-state index contributed by atoms with van der Waals surface area (Å²) in [5.41, 5.74) is 1.24. The molecule has 1 N–H and O–H groups in total. The molecule has 0 aliphatic heterocycles. The fourth-order valence-corrected chi connectivity index (χ4v) is 5.27. The highest BCUT2D eigenvalue weighted by Gasteiger charge is 2.45. The van der Waals surface area contributed by atoms with E-state index in [4.69, 9.17) is 0 Å². The lowest BCUT2D eigenvalue weighted by Crippen LogP contribution is -2.37. The summed E-state index contributed by atoms with van der Waals surface area (Å²) in [4.78, 5) is 0. The molecule has 0 bridgehead atoms. The van der Waals surface area contributed by atoms with Crippen LogP contribution in [0.1, 0.15) is 71.1 Å². The number of aliphatic hydroxyl groups excluding tert-OH is 1. The van der Waals surface area contributed by atoms with Crippen LogP contribution < -0.4 is 0 Å². The smallest absolute Gasteiger partial charge is 0.391 e. The van der Waals surface area contributed by atoms with Crippen LogP contribution >= 0.6 is 0 Å². The van der Waals surface area contributed by atoms with Crippen LogP contribution in [0.2, 0.25) is 0 Å². The first kappa shape index (κ1) is 18.3. The Labute approximate surface area is 143 Å². The van der Waals surface area contributed by atoms with E-state index in [9.17, 15) is 18.3 Å². The van der Waals surface area contributed by atoms with E-state index in [0.29, 0.717) is 6.42 Å². The highest BCUT2D eigenvalue weighted by atomic mass is 19.4. The van der Waals surface area contributed by atoms with Gasteiger partial charge in [0.25, 0.3) is 0 Å². The topological polar surface area (TPSA) is 20.2 Å². The average Bonchev–Trinajstić information content (AvgIpc) is 2.55. The van der Waals surface area contributed by atoms with Crippen molar-refractivity contribution < 1.29 is 18.3 Å². The lowest BCUT2D eigenvalue weighted by atomic mass is 9.68. The quantitative estimate of drug-likeness (QED) is 0.620. The summed E-state index contributed by atoms with van der Waals surface area (Å²) in [6.07, 6.45) is 6.43. The lowest BCUT2D eigenvalue weighted by molar-refractivity contribution is -0.192. The second-order valence-corrected chi connectivity index (χ2v) is 8.56. The van der Waals surface area contributed by atoms with Gasteiger partial charge in [0.1, 0.15) is 0 Å². The Balaban J connectivity index is 1.54. The van der Waals surface area contributed by atoms with Gasteiger partial charge in [0, 0.05) is 5.92 Å². The molecule has 2 fully saturated rings. The Morgan fingerprint density at radius 1 is 0.958 bits per heavy atom. The predicted molar refractivity (Wildman–Crippen MR) is 89.4 cm³/mol. The van der Waals surface area contributed by atoms with Gasteiger partial charge in [-0.25, -0.2) is 0 Å². The summed E-state index contributed by atoms with van der Waals surface area (Å²) in [5.74, 6) is 1.12. The van der Waals surface area contributed by atoms with Crippen molar-refractivity contribution in [2.75, 3.05) is 0 Å². The first-order valence-corrected chi connectivity index (χ1v) is 9.78. The molecule has 0 radical (unpaired) electrons. The van der Waals surface area contributed by atoms with E-state index in [0.717, 1.165) is 37.0 Å². The Hall–Kier alpha value is -0.510. The van der Waals surface area contributed by atoms with E-state index in [1.54, 1.807) is 0 Å². The van der Waals surface area contributed by atoms with Crippen molar-refractivity contribution in [1.29, 1.82) is 0 Å². The summed E-state index contributed by atoms with van der Waals surface area (Å²) in [5, 5.41) is 10.3. The van der Waals surface area contributed by atoms with Gasteiger partial charge in [-0.1, -0.05) is 31.4 Å². The fourth-order valence-electron chi connectivity index (χ4n) is 5.27. The van der Waals surface area contributed by atoms with Crippen molar-refractivity contribution >= 4 is 0 Å². The number of hydrogen-bond donors (Lipinski definition) is 1. The molecule has 4 unspecified atom stereocenters. The van der Waals surface area contributed by atoms with Crippen LogP contribution in [-0.4, -0.2) is 17.4 Å². The first-order valence-electron chi connectivity index (χ1n) is 9.78. The molecule has 3 aliphatic carbocycles. The van der Waals surface area contributed by atoms with Crippen molar-refractivity contribution in [1.82, 2.24) is 0 Å². The molecule has 0 saturated heterocycles. The van der Waals surface area contributed by atoms with Crippen LogP contribution in [0.25, 0.3) is 0 Å². The molecule has 0 heterocycles. The molecular weight excluding hydrogens is 313 g/mol. The molecule has 0 aromatic rings. The molecule has 2 saturated carbocycles. The van der Waals surface area contributed by atoms with Crippen molar-refractivity contribution in [3.63, 3.8) is 0 Å². The minimum absolute atomic E-state index is 0.0315. The van der Waals surface area contributed by atoms with Crippen molar-refractivity contribution in [2.24, 2.45) is 29.6 Å². The van der Waals surface area contributed by atoms with Gasteiger partial charge in [0.15, 0.2) is 0 Å². The molecular formula is C20H31F3O. The van der Waals surface area contributed by atoms with Crippen LogP contribution in [-0.2, 0) is 0 Å². The fraction of sp³-hybridized carbons (Fsp3) is 0.900. The Morgan fingerprint density at radius 3 is 2.21 bits per heavy atom. The molecule has 3 aliphatic rings. The monoisotopic (exact) mass is 344 g/mol. The Morgan fingerprint density at radius 2 is 1.67 bits per heavy atom. The summed E-state index contributed by atoms with van der Waals surface area (Å²) >= 11 is 0. The Bertz CT molecular complexity index is 448. The molecule has 24 heavy (non-hydrogen) atoms. The van der Waals surface area contributed by atoms with Gasteiger partial charge >= 0.3 is 6.18 Å². The second kappa shape index (κ2) is 7.39. The molecule has 4 heteroatoms. The number of allylic oxidation sites excluding steroid dienone is 1. The van der Waals surface area contributed by atoms with Crippen LogP contribution in [0.15, 0.2) is 11.6 Å². The molecule has 0 spiro atoms. The minimum Gasteiger partial charge on any atom is -0.392 e. The van der Waals surface area contributed by atoms with Gasteiger partial charge in [0.05, 0.1) is 12.0 Å². The Kier molecular flexibility index (Phi) is 5.63. The van der Waals surface area contributed by atoms with Crippen LogP contribution in [0.5, 0.6) is 0 Å². The van der Waals surface area contributed by atoms with E-state index in [-0.39, 0.29) is 18.8 Å². The average molecular weight is 344 g/mol. The molecule has 0 aromatic carbocycles. The second-order valence-electron chi connectivity index (χ2n) is 8.56. The zero-order chi connectivity index (χ0) is 17.3. The normalized spacial score (nSPS) is 41.8. The van der Waals surface area contributed by atoms with Gasteiger partial charge in [-0.05, 0) is 69.1 Å². The summed E-state index contributed by atoms with van der Waals surface area (Å²) < 4.78 is 38.5. The largest absolute Gasteiger partial charge is 0.392 e. The zero-order valence-electron chi connectivity index (χ0n) is 14.7. The standard InChI is InChI=1S/C20H31F3O/c1-13-2-4-14(5-3-13)15-6-8-16(9-7-15)18-11-10-17(12-19(18)24)20(21,22)23/h8,13-15,17-19,24H,2-7,9-12H2,1H3. The van der Waals surface area contributed by atoms with E-state index in [1.807, 2.05) is 0 Å². The van der Waals surface area contributed by atoms with E-state index in [1.165, 1.54) is 31.3 Å². The number of aliphatic hydroxyl groups is 1. The highest BCUT2D eigenvalue weighted by molar-refractivity contribution is 5.14. The van der Waals surface area contributed by atoms with Crippen LogP contribution in [0.4, 0.5) is 13.2 Å². The highest BCUT2D eigenvalue weighted by Crippen LogP contribution is 2.45. The van der Waals surface area contributed by atoms with Gasteiger partial charge < -0.3 is 5.11 Å². The number of halogens is 3. The lowest BCUT2D eigenvalue weighted by Gasteiger charge is -2.39. The van der Waals surface area contributed by atoms with Gasteiger partial charge in [-0.15, -0.1) is 0 Å². The number of hydrogen-bond acceptors (Lipinski definition) is 1. The summed E-state index contributed by atoms with van der Waals surface area (Å²) in [6, 6.07) is 0. The van der Waals surface area contributed by atoms with E-state index in [2.05, 4.69) is 13.0 Å². The van der Waals surface area contributed by atoms with Gasteiger partial charge in [-0.2, -0.15) is 13.2 Å². The first-order chi connectivity index (χ1) is 11.3. The third-order valence-corrected chi connectivity index (χ3v) is 6.97. The SMILES string of the molecule is CC1CCC(C2CC=C(C3CCC(C(F)(F)F)CC3O)CC2)CC1. The zero-order valence-corrected chi connectivity index (χ0v) is 14.7. The predicted octanol–water partition coefficient (Wildman–Crippen LogP) is 5.88. The number of rotatable bonds is 2. The summed E-state index contributed by atoms with van der Waals surface area (Å²) in [7, 11) is 0. The summed E-state index contributed by atoms with van der Waals surface area (Å²) in [6.45, 7) is 2.34. The van der Waals surface area contributed by atoms with E-state index >= 15 is 0 Å². The third kappa shape index (κ3) is 4.17. The molecule has 1 nitrogen and oxygen atoms in total. The van der Waals surface area contributed by atoms with Crippen molar-refractivity contribution in [3.05, 3.63) is 11.6 Å². The molecule has 138 valence electrons. The number of alkyl halides is 3. The van der Waals surface area contributed by atoms with Crippen molar-refractivity contribution in [2.45, 2.75) is 83.4 Å². The maximum absolute atomic E-state index is 12.8. The molecule has 3 rings (SSSR count). The van der Waals surface area contributed by atoms with Crippen LogP contribution in [0, 0.1) is 29.6 Å². The van der Waals surface area contributed by atoms with Crippen LogP contribution in [0.3, 0.4) is 0 Å². The van der Waals surface area contributed by atoms with E-state index < -0.39 is 18.2 Å². The van der Waals surface area contributed by atoms with Gasteiger partial charge in [0.2, 0.25) is 0 Å². The molecule has 4 atom stereocenters. The maximum Gasteiger partial charge on any atom is 0.391 e. The van der Waals surface area contributed by atoms with Gasteiger partial charge in [-0.3, -0.25) is 0 Å². The third-order valence-electron chi connectivity index (χ3n) is 6.97. The maximum atomic E-state index is 12.8. The molecule has 0 aromatic heterocycles. The molecule has 0 amide bonds. The minimum atomic E-state index is -4.16. The van der Waals surface area contributed by atoms with Crippen molar-refractivity contribution in [3.8, 4) is 0 Å².